The summed E-state index contributed by atoms with van der Waals surface area (Å²) in [6, 6.07) is 11.9. The van der Waals surface area contributed by atoms with Gasteiger partial charge in [-0.05, 0) is 24.1 Å². The second-order valence-corrected chi connectivity index (χ2v) is 3.49. The molecule has 2 rings (SSSR count). The van der Waals surface area contributed by atoms with Crippen LogP contribution in [0.3, 0.4) is 0 Å². The minimum atomic E-state index is 0.0896. The first kappa shape index (κ1) is 9.87. The van der Waals surface area contributed by atoms with Crippen molar-refractivity contribution in [2.45, 2.75) is 13.5 Å². The Morgan fingerprint density at radius 2 is 1.87 bits per heavy atom. The summed E-state index contributed by atoms with van der Waals surface area (Å²) in [5.41, 5.74) is 4.23. The van der Waals surface area contributed by atoms with Gasteiger partial charge in [0.25, 0.3) is 0 Å². The maximum absolute atomic E-state index is 8.94. The van der Waals surface area contributed by atoms with Crippen molar-refractivity contribution >= 4 is 0 Å². The molecule has 0 spiro atoms. The third kappa shape index (κ3) is 2.05. The number of rotatable bonds is 2. The molecule has 0 aliphatic rings. The SMILES string of the molecule is Cc1ncccc1-c1ccc(CO)cc1. The smallest absolute Gasteiger partial charge is 0.0681 e. The Kier molecular flexibility index (Phi) is 2.79. The Bertz CT molecular complexity index is 448. The summed E-state index contributed by atoms with van der Waals surface area (Å²) < 4.78 is 0. The van der Waals surface area contributed by atoms with E-state index in [1.807, 2.05) is 37.3 Å². The van der Waals surface area contributed by atoms with Gasteiger partial charge in [0.15, 0.2) is 0 Å². The van der Waals surface area contributed by atoms with E-state index in [1.165, 1.54) is 0 Å². The van der Waals surface area contributed by atoms with Crippen molar-refractivity contribution in [1.82, 2.24) is 4.98 Å². The molecule has 2 aromatic rings. The fourth-order valence-electron chi connectivity index (χ4n) is 1.58. The van der Waals surface area contributed by atoms with Crippen LogP contribution in [0.2, 0.25) is 0 Å². The van der Waals surface area contributed by atoms with E-state index in [9.17, 15) is 0 Å². The van der Waals surface area contributed by atoms with Gasteiger partial charge in [-0.25, -0.2) is 0 Å². The summed E-state index contributed by atoms with van der Waals surface area (Å²) >= 11 is 0. The number of aliphatic hydroxyl groups excluding tert-OH is 1. The van der Waals surface area contributed by atoms with Crippen molar-refractivity contribution < 1.29 is 5.11 Å². The number of hydrogen-bond donors (Lipinski definition) is 1. The fourth-order valence-corrected chi connectivity index (χ4v) is 1.58. The van der Waals surface area contributed by atoms with Crippen LogP contribution < -0.4 is 0 Å². The van der Waals surface area contributed by atoms with Crippen LogP contribution in [-0.4, -0.2) is 10.1 Å². The van der Waals surface area contributed by atoms with Crippen molar-refractivity contribution in [3.63, 3.8) is 0 Å². The van der Waals surface area contributed by atoms with Gasteiger partial charge in [-0.2, -0.15) is 0 Å². The maximum Gasteiger partial charge on any atom is 0.0681 e. The Balaban J connectivity index is 2.42. The molecule has 0 atom stereocenters. The number of pyridine rings is 1. The highest BCUT2D eigenvalue weighted by Crippen LogP contribution is 2.21. The summed E-state index contributed by atoms with van der Waals surface area (Å²) in [7, 11) is 0. The van der Waals surface area contributed by atoms with Gasteiger partial charge in [0.05, 0.1) is 6.61 Å². The third-order valence-electron chi connectivity index (χ3n) is 2.45. The molecule has 0 amide bonds. The summed E-state index contributed by atoms with van der Waals surface area (Å²) in [4.78, 5) is 4.25. The average molecular weight is 199 g/mol. The Labute approximate surface area is 89.2 Å². The van der Waals surface area contributed by atoms with Gasteiger partial charge in [0, 0.05) is 17.5 Å². The molecule has 0 fully saturated rings. The molecule has 1 N–H and O–H groups in total. The van der Waals surface area contributed by atoms with Gasteiger partial charge in [-0.3, -0.25) is 4.98 Å². The minimum Gasteiger partial charge on any atom is -0.392 e. The van der Waals surface area contributed by atoms with E-state index in [0.717, 1.165) is 22.4 Å². The first-order chi connectivity index (χ1) is 7.31. The summed E-state index contributed by atoms with van der Waals surface area (Å²) in [5.74, 6) is 0. The zero-order valence-corrected chi connectivity index (χ0v) is 8.64. The Morgan fingerprint density at radius 1 is 1.13 bits per heavy atom. The summed E-state index contributed by atoms with van der Waals surface area (Å²) in [6.07, 6.45) is 1.79. The molecule has 0 unspecified atom stereocenters. The van der Waals surface area contributed by atoms with Crippen LogP contribution in [0, 0.1) is 6.92 Å². The molecule has 76 valence electrons. The van der Waals surface area contributed by atoms with Crippen LogP contribution in [0.4, 0.5) is 0 Å². The second-order valence-electron chi connectivity index (χ2n) is 3.49. The van der Waals surface area contributed by atoms with Crippen molar-refractivity contribution in [3.8, 4) is 11.1 Å². The Hall–Kier alpha value is -1.67. The molecule has 1 aromatic heterocycles. The van der Waals surface area contributed by atoms with Gasteiger partial charge in [0.1, 0.15) is 0 Å². The molecule has 1 aromatic carbocycles. The normalized spacial score (nSPS) is 10.3. The summed E-state index contributed by atoms with van der Waals surface area (Å²) in [5, 5.41) is 8.94. The van der Waals surface area contributed by atoms with Gasteiger partial charge in [-0.15, -0.1) is 0 Å². The first-order valence-corrected chi connectivity index (χ1v) is 4.93. The summed E-state index contributed by atoms with van der Waals surface area (Å²) in [6.45, 7) is 2.08. The molecule has 0 bridgehead atoms. The van der Waals surface area contributed by atoms with Crippen molar-refractivity contribution in [2.75, 3.05) is 0 Å². The number of aliphatic hydroxyl groups is 1. The zero-order valence-electron chi connectivity index (χ0n) is 8.64. The molecular formula is C13H13NO. The first-order valence-electron chi connectivity index (χ1n) is 4.93. The number of nitrogens with zero attached hydrogens (tertiary/aromatic N) is 1. The lowest BCUT2D eigenvalue weighted by Gasteiger charge is -2.05. The number of hydrogen-bond acceptors (Lipinski definition) is 2. The van der Waals surface area contributed by atoms with Gasteiger partial charge in [0.2, 0.25) is 0 Å². The van der Waals surface area contributed by atoms with E-state index in [-0.39, 0.29) is 6.61 Å². The molecule has 0 aliphatic carbocycles. The van der Waals surface area contributed by atoms with Gasteiger partial charge < -0.3 is 5.11 Å². The number of benzene rings is 1. The molecule has 0 radical (unpaired) electrons. The van der Waals surface area contributed by atoms with Crippen LogP contribution in [-0.2, 0) is 6.61 Å². The highest BCUT2D eigenvalue weighted by molar-refractivity contribution is 5.65. The predicted molar refractivity (Wildman–Crippen MR) is 60.3 cm³/mol. The van der Waals surface area contributed by atoms with Crippen molar-refractivity contribution in [1.29, 1.82) is 0 Å². The molecular weight excluding hydrogens is 186 g/mol. The third-order valence-corrected chi connectivity index (χ3v) is 2.45. The van der Waals surface area contributed by atoms with E-state index >= 15 is 0 Å². The standard InChI is InChI=1S/C13H13NO/c1-10-13(3-2-8-14-10)12-6-4-11(9-15)5-7-12/h2-8,15H,9H2,1H3. The lowest BCUT2D eigenvalue weighted by Crippen LogP contribution is -1.87. The fraction of sp³-hybridized carbons (Fsp3) is 0.154. The largest absolute Gasteiger partial charge is 0.392 e. The lowest BCUT2D eigenvalue weighted by molar-refractivity contribution is 0.282. The van der Waals surface area contributed by atoms with Gasteiger partial charge in [-0.1, -0.05) is 30.3 Å². The molecule has 0 saturated heterocycles. The molecule has 1 heterocycles. The van der Waals surface area contributed by atoms with E-state index in [4.69, 9.17) is 5.11 Å². The van der Waals surface area contributed by atoms with E-state index in [2.05, 4.69) is 11.1 Å². The topological polar surface area (TPSA) is 33.1 Å². The van der Waals surface area contributed by atoms with Crippen LogP contribution in [0.25, 0.3) is 11.1 Å². The highest BCUT2D eigenvalue weighted by atomic mass is 16.3. The van der Waals surface area contributed by atoms with Crippen LogP contribution in [0.15, 0.2) is 42.6 Å². The average Bonchev–Trinajstić information content (AvgIpc) is 2.30. The molecule has 2 nitrogen and oxygen atoms in total. The van der Waals surface area contributed by atoms with Crippen molar-refractivity contribution in [2.24, 2.45) is 0 Å². The zero-order chi connectivity index (χ0) is 10.7. The molecule has 0 saturated carbocycles. The van der Waals surface area contributed by atoms with Crippen LogP contribution in [0.5, 0.6) is 0 Å². The van der Waals surface area contributed by atoms with Crippen molar-refractivity contribution in [3.05, 3.63) is 53.9 Å². The maximum atomic E-state index is 8.94. The van der Waals surface area contributed by atoms with Gasteiger partial charge >= 0.3 is 0 Å². The molecule has 0 aliphatic heterocycles. The lowest BCUT2D eigenvalue weighted by atomic mass is 10.0. The molecule has 15 heavy (non-hydrogen) atoms. The number of aromatic nitrogens is 1. The van der Waals surface area contributed by atoms with Crippen LogP contribution in [0.1, 0.15) is 11.3 Å². The monoisotopic (exact) mass is 199 g/mol. The predicted octanol–water partition coefficient (Wildman–Crippen LogP) is 2.55. The quantitative estimate of drug-likeness (QED) is 0.806. The number of aryl methyl sites for hydroxylation is 1. The van der Waals surface area contributed by atoms with Crippen LogP contribution >= 0.6 is 0 Å². The van der Waals surface area contributed by atoms with E-state index in [1.54, 1.807) is 6.20 Å². The molecule has 2 heteroatoms. The van der Waals surface area contributed by atoms with E-state index in [0.29, 0.717) is 0 Å². The highest BCUT2D eigenvalue weighted by Gasteiger charge is 2.01. The van der Waals surface area contributed by atoms with E-state index < -0.39 is 0 Å². The second kappa shape index (κ2) is 4.24. The Morgan fingerprint density at radius 3 is 2.47 bits per heavy atom. The minimum absolute atomic E-state index is 0.0896.